The summed E-state index contributed by atoms with van der Waals surface area (Å²) in [4.78, 5) is 11.6. The minimum atomic E-state index is -3.52. The van der Waals surface area contributed by atoms with Crippen LogP contribution in [0.4, 0.5) is 10.5 Å². The number of aromatic nitrogens is 2. The molecule has 0 atom stereocenters. The molecule has 2 N–H and O–H groups in total. The Morgan fingerprint density at radius 2 is 1.95 bits per heavy atom. The molecular weight excluding hydrogens is 332 g/mol. The Bertz CT molecular complexity index is 758. The third-order valence-electron chi connectivity index (χ3n) is 2.49. The van der Waals surface area contributed by atoms with Crippen LogP contribution < -0.4 is 10.6 Å². The van der Waals surface area contributed by atoms with Crippen molar-refractivity contribution >= 4 is 33.2 Å². The van der Waals surface area contributed by atoms with Crippen LogP contribution in [0.1, 0.15) is 5.89 Å². The van der Waals surface area contributed by atoms with Gasteiger partial charge in [-0.1, -0.05) is 16.7 Å². The lowest BCUT2D eigenvalue weighted by molar-refractivity contribution is 0.252. The van der Waals surface area contributed by atoms with Crippen LogP contribution >= 0.6 is 11.6 Å². The number of rotatable bonds is 5. The number of nitrogens with zero attached hydrogens (tertiary/aromatic N) is 2. The van der Waals surface area contributed by atoms with Gasteiger partial charge in [-0.3, -0.25) is 0 Å². The Morgan fingerprint density at radius 3 is 2.55 bits per heavy atom. The summed E-state index contributed by atoms with van der Waals surface area (Å²) in [5, 5.41) is 12.3. The van der Waals surface area contributed by atoms with E-state index in [4.69, 9.17) is 16.0 Å². The highest BCUT2D eigenvalue weighted by Crippen LogP contribution is 2.13. The lowest BCUT2D eigenvalue weighted by Gasteiger charge is -2.06. The molecule has 0 saturated carbocycles. The lowest BCUT2D eigenvalue weighted by atomic mass is 10.3. The number of hydrogen-bond acceptors (Lipinski definition) is 6. The molecule has 0 spiro atoms. The molecule has 0 aliphatic rings. The Kier molecular flexibility index (Phi) is 4.99. The van der Waals surface area contributed by atoms with Crippen LogP contribution in [0.2, 0.25) is 5.02 Å². The van der Waals surface area contributed by atoms with Crippen molar-refractivity contribution in [1.29, 1.82) is 0 Å². The Labute approximate surface area is 131 Å². The van der Waals surface area contributed by atoms with Crippen LogP contribution in [0.25, 0.3) is 0 Å². The quantitative estimate of drug-likeness (QED) is 0.849. The zero-order valence-electron chi connectivity index (χ0n) is 11.5. The standard InChI is InChI=1S/C12H13ClN4O4S/c1-22(19,20)12-17-16-10(21-12)6-7-14-11(18)15-9-4-2-8(13)3-5-9/h2-5H,6-7H2,1H3,(H2,14,15,18). The predicted molar refractivity (Wildman–Crippen MR) is 79.6 cm³/mol. The van der Waals surface area contributed by atoms with Gasteiger partial charge in [0.2, 0.25) is 15.7 Å². The molecule has 1 heterocycles. The molecule has 22 heavy (non-hydrogen) atoms. The van der Waals surface area contributed by atoms with E-state index in [9.17, 15) is 13.2 Å². The number of anilines is 1. The summed E-state index contributed by atoms with van der Waals surface area (Å²) in [5.74, 6) is 0.132. The van der Waals surface area contributed by atoms with Crippen LogP contribution in [-0.4, -0.2) is 37.4 Å². The van der Waals surface area contributed by atoms with Crippen molar-refractivity contribution in [1.82, 2.24) is 15.5 Å². The minimum absolute atomic E-state index is 0.132. The first-order valence-corrected chi connectivity index (χ1v) is 8.44. The van der Waals surface area contributed by atoms with Gasteiger partial charge in [0.05, 0.1) is 0 Å². The van der Waals surface area contributed by atoms with Crippen LogP contribution in [0, 0.1) is 0 Å². The fourth-order valence-electron chi connectivity index (χ4n) is 1.48. The molecule has 10 heteroatoms. The van der Waals surface area contributed by atoms with Gasteiger partial charge in [0.1, 0.15) is 0 Å². The van der Waals surface area contributed by atoms with Crippen molar-refractivity contribution in [2.45, 2.75) is 11.6 Å². The molecule has 0 saturated heterocycles. The van der Waals surface area contributed by atoms with Gasteiger partial charge < -0.3 is 15.1 Å². The second kappa shape index (κ2) is 6.75. The number of urea groups is 1. The van der Waals surface area contributed by atoms with Crippen LogP contribution in [0.15, 0.2) is 33.9 Å². The summed E-state index contributed by atoms with van der Waals surface area (Å²) in [6, 6.07) is 6.23. The summed E-state index contributed by atoms with van der Waals surface area (Å²) in [5.41, 5.74) is 0.596. The summed E-state index contributed by atoms with van der Waals surface area (Å²) in [6.45, 7) is 0.213. The van der Waals surface area contributed by atoms with Gasteiger partial charge in [0.25, 0.3) is 0 Å². The third kappa shape index (κ3) is 4.71. The maximum atomic E-state index is 11.6. The summed E-state index contributed by atoms with van der Waals surface area (Å²) in [6.07, 6.45) is 1.19. The smallest absolute Gasteiger partial charge is 0.335 e. The molecule has 8 nitrogen and oxygen atoms in total. The van der Waals surface area contributed by atoms with Gasteiger partial charge in [-0.15, -0.1) is 5.10 Å². The zero-order valence-corrected chi connectivity index (χ0v) is 13.1. The van der Waals surface area contributed by atoms with E-state index in [0.717, 1.165) is 6.26 Å². The summed E-state index contributed by atoms with van der Waals surface area (Å²) in [7, 11) is -3.52. The van der Waals surface area contributed by atoms with Crippen LogP contribution in [0.5, 0.6) is 0 Å². The largest absolute Gasteiger partial charge is 0.412 e. The number of halogens is 1. The second-order valence-electron chi connectivity index (χ2n) is 4.37. The molecule has 0 radical (unpaired) electrons. The number of sulfone groups is 1. The number of amides is 2. The maximum Gasteiger partial charge on any atom is 0.335 e. The average Bonchev–Trinajstić information content (AvgIpc) is 2.90. The topological polar surface area (TPSA) is 114 Å². The minimum Gasteiger partial charge on any atom is -0.412 e. The predicted octanol–water partition coefficient (Wildman–Crippen LogP) is 1.49. The van der Waals surface area contributed by atoms with E-state index in [-0.39, 0.29) is 18.9 Å². The van der Waals surface area contributed by atoms with E-state index in [1.165, 1.54) is 0 Å². The zero-order chi connectivity index (χ0) is 16.2. The first kappa shape index (κ1) is 16.2. The SMILES string of the molecule is CS(=O)(=O)c1nnc(CCNC(=O)Nc2ccc(Cl)cc2)o1. The Morgan fingerprint density at radius 1 is 1.27 bits per heavy atom. The highest BCUT2D eigenvalue weighted by molar-refractivity contribution is 7.90. The number of carbonyl (C=O) groups excluding carboxylic acids is 1. The van der Waals surface area contributed by atoms with Crippen molar-refractivity contribution in [3.63, 3.8) is 0 Å². The van der Waals surface area contributed by atoms with E-state index < -0.39 is 21.1 Å². The van der Waals surface area contributed by atoms with E-state index in [0.29, 0.717) is 10.7 Å². The first-order valence-electron chi connectivity index (χ1n) is 6.17. The lowest BCUT2D eigenvalue weighted by Crippen LogP contribution is -2.30. The molecule has 2 rings (SSSR count). The van der Waals surface area contributed by atoms with Gasteiger partial charge in [0, 0.05) is 29.9 Å². The van der Waals surface area contributed by atoms with Gasteiger partial charge in [-0.25, -0.2) is 13.2 Å². The number of benzene rings is 1. The maximum absolute atomic E-state index is 11.6. The summed E-state index contributed by atoms with van der Waals surface area (Å²) < 4.78 is 27.3. The number of hydrogen-bond donors (Lipinski definition) is 2. The molecule has 2 aromatic rings. The van der Waals surface area contributed by atoms with Crippen LogP contribution in [-0.2, 0) is 16.3 Å². The average molecular weight is 345 g/mol. The highest BCUT2D eigenvalue weighted by Gasteiger charge is 2.16. The van der Waals surface area contributed by atoms with E-state index in [1.54, 1.807) is 24.3 Å². The van der Waals surface area contributed by atoms with E-state index in [1.807, 2.05) is 0 Å². The van der Waals surface area contributed by atoms with Crippen LogP contribution in [0.3, 0.4) is 0 Å². The molecule has 0 fully saturated rings. The van der Waals surface area contributed by atoms with Gasteiger partial charge in [0.15, 0.2) is 0 Å². The molecule has 2 amide bonds. The molecule has 0 unspecified atom stereocenters. The van der Waals surface area contributed by atoms with Gasteiger partial charge in [-0.2, -0.15) is 0 Å². The Balaban J connectivity index is 1.79. The molecule has 118 valence electrons. The molecule has 1 aromatic heterocycles. The molecule has 0 bridgehead atoms. The van der Waals surface area contributed by atoms with E-state index in [2.05, 4.69) is 20.8 Å². The molecule has 0 aliphatic heterocycles. The number of carbonyl (C=O) groups is 1. The van der Waals surface area contributed by atoms with E-state index >= 15 is 0 Å². The normalized spacial score (nSPS) is 11.2. The van der Waals surface area contributed by atoms with Crippen molar-refractivity contribution in [3.8, 4) is 0 Å². The highest BCUT2D eigenvalue weighted by atomic mass is 35.5. The monoisotopic (exact) mass is 344 g/mol. The third-order valence-corrected chi connectivity index (χ3v) is 3.54. The second-order valence-corrected chi connectivity index (χ2v) is 6.70. The fraction of sp³-hybridized carbons (Fsp3) is 0.250. The number of nitrogens with one attached hydrogen (secondary N) is 2. The van der Waals surface area contributed by atoms with Crippen molar-refractivity contribution in [2.24, 2.45) is 0 Å². The van der Waals surface area contributed by atoms with Gasteiger partial charge >= 0.3 is 11.3 Å². The van der Waals surface area contributed by atoms with Crippen molar-refractivity contribution < 1.29 is 17.6 Å². The Hall–Kier alpha value is -2.13. The molecular formula is C12H13ClN4O4S. The molecule has 0 aliphatic carbocycles. The van der Waals surface area contributed by atoms with Crippen molar-refractivity contribution in [2.75, 3.05) is 18.1 Å². The first-order chi connectivity index (χ1) is 10.3. The summed E-state index contributed by atoms with van der Waals surface area (Å²) >= 11 is 5.74. The molecule has 1 aromatic carbocycles. The van der Waals surface area contributed by atoms with Crippen molar-refractivity contribution in [3.05, 3.63) is 35.2 Å². The fourth-order valence-corrected chi connectivity index (χ4v) is 2.04. The van der Waals surface area contributed by atoms with Gasteiger partial charge in [-0.05, 0) is 24.3 Å².